The molecule has 2 aromatic heterocycles. The van der Waals surface area contributed by atoms with Crippen molar-refractivity contribution >= 4 is 44.9 Å². The highest BCUT2D eigenvalue weighted by Crippen LogP contribution is 2.37. The average molecular weight is 465 g/mol. The quantitative estimate of drug-likeness (QED) is 0.301. The van der Waals surface area contributed by atoms with Crippen LogP contribution in [0.4, 0.5) is 0 Å². The zero-order valence-corrected chi connectivity index (χ0v) is 19.2. The molecule has 0 saturated carbocycles. The molecule has 35 heavy (non-hydrogen) atoms. The zero-order chi connectivity index (χ0) is 24.5. The largest absolute Gasteiger partial charge is 0.478 e. The van der Waals surface area contributed by atoms with Crippen LogP contribution in [0.5, 0.6) is 0 Å². The Morgan fingerprint density at radius 3 is 1.63 bits per heavy atom. The van der Waals surface area contributed by atoms with E-state index in [2.05, 4.69) is 0 Å². The van der Waals surface area contributed by atoms with Crippen LogP contribution in [0.1, 0.15) is 23.6 Å². The normalized spacial score (nSPS) is 12.1. The van der Waals surface area contributed by atoms with Crippen LogP contribution in [0.2, 0.25) is 0 Å². The van der Waals surface area contributed by atoms with E-state index in [1.165, 1.54) is 0 Å². The van der Waals surface area contributed by atoms with E-state index in [-0.39, 0.29) is 11.1 Å². The van der Waals surface area contributed by atoms with Gasteiger partial charge in [-0.15, -0.1) is 0 Å². The fourth-order valence-electron chi connectivity index (χ4n) is 4.78. The van der Waals surface area contributed by atoms with E-state index in [4.69, 9.17) is 0 Å². The second-order valence-corrected chi connectivity index (χ2v) is 8.38. The first-order valence-electron chi connectivity index (χ1n) is 11.4. The molecule has 0 spiro atoms. The standard InChI is InChI=1S/C29H24N2O4/c1-2-30-17-22(20-12-6-8-14-24(20)30)26(28(32)33)27(29(34)35)23-18-31(16-19-10-4-3-5-11-19)25-15-9-7-13-21(23)25/h3-15,17-18H,2,16H2,1H3,(H,32,33)(H,34,35)/b27-26-. The van der Waals surface area contributed by atoms with Gasteiger partial charge in [0.2, 0.25) is 0 Å². The predicted molar refractivity (Wildman–Crippen MR) is 137 cm³/mol. The number of fused-ring (bicyclic) bond motifs is 2. The van der Waals surface area contributed by atoms with Crippen LogP contribution in [0, 0.1) is 0 Å². The highest BCUT2D eigenvalue weighted by Gasteiger charge is 2.28. The van der Waals surface area contributed by atoms with E-state index in [1.807, 2.05) is 94.9 Å². The molecule has 6 heteroatoms. The number of benzene rings is 3. The number of para-hydroxylation sites is 2. The Balaban J connectivity index is 1.81. The molecule has 3 aromatic carbocycles. The Morgan fingerprint density at radius 2 is 1.11 bits per heavy atom. The van der Waals surface area contributed by atoms with Gasteiger partial charge in [-0.2, -0.15) is 0 Å². The van der Waals surface area contributed by atoms with Crippen LogP contribution in [0.25, 0.3) is 33.0 Å². The molecule has 0 unspecified atom stereocenters. The minimum Gasteiger partial charge on any atom is -0.478 e. The lowest BCUT2D eigenvalue weighted by molar-refractivity contribution is -0.132. The highest BCUT2D eigenvalue weighted by atomic mass is 16.4. The van der Waals surface area contributed by atoms with Crippen molar-refractivity contribution in [1.29, 1.82) is 0 Å². The number of carbonyl (C=O) groups is 2. The van der Waals surface area contributed by atoms with Gasteiger partial charge in [-0.3, -0.25) is 0 Å². The first-order valence-corrected chi connectivity index (χ1v) is 11.4. The lowest BCUT2D eigenvalue weighted by Gasteiger charge is -2.08. The predicted octanol–water partition coefficient (Wildman–Crippen LogP) is 5.74. The van der Waals surface area contributed by atoms with Gasteiger partial charge >= 0.3 is 11.9 Å². The van der Waals surface area contributed by atoms with E-state index in [1.54, 1.807) is 12.4 Å². The van der Waals surface area contributed by atoms with E-state index in [9.17, 15) is 19.8 Å². The molecule has 5 aromatic rings. The van der Waals surface area contributed by atoms with E-state index >= 15 is 0 Å². The van der Waals surface area contributed by atoms with Crippen LogP contribution in [0.3, 0.4) is 0 Å². The summed E-state index contributed by atoms with van der Waals surface area (Å²) in [7, 11) is 0. The second kappa shape index (κ2) is 8.99. The lowest BCUT2D eigenvalue weighted by atomic mass is 9.94. The van der Waals surface area contributed by atoms with Gasteiger partial charge in [0, 0.05) is 58.4 Å². The maximum Gasteiger partial charge on any atom is 0.337 e. The average Bonchev–Trinajstić information content (AvgIpc) is 3.41. The van der Waals surface area contributed by atoms with E-state index < -0.39 is 11.9 Å². The number of aryl methyl sites for hydroxylation is 1. The van der Waals surface area contributed by atoms with Crippen molar-refractivity contribution in [1.82, 2.24) is 9.13 Å². The van der Waals surface area contributed by atoms with Crippen molar-refractivity contribution in [2.75, 3.05) is 0 Å². The summed E-state index contributed by atoms with van der Waals surface area (Å²) in [5.41, 5.74) is 3.10. The monoisotopic (exact) mass is 464 g/mol. The summed E-state index contributed by atoms with van der Waals surface area (Å²) in [5, 5.41) is 22.1. The molecule has 2 heterocycles. The molecule has 0 bridgehead atoms. The first kappa shape index (κ1) is 22.2. The molecule has 0 radical (unpaired) electrons. The second-order valence-electron chi connectivity index (χ2n) is 8.38. The number of carboxylic acids is 2. The maximum absolute atomic E-state index is 12.7. The molecule has 174 valence electrons. The molecule has 0 fully saturated rings. The van der Waals surface area contributed by atoms with E-state index in [0.717, 1.165) is 16.6 Å². The van der Waals surface area contributed by atoms with Gasteiger partial charge in [-0.1, -0.05) is 66.7 Å². The van der Waals surface area contributed by atoms with Crippen LogP contribution in [-0.2, 0) is 22.7 Å². The molecular weight excluding hydrogens is 440 g/mol. The van der Waals surface area contributed by atoms with Crippen LogP contribution >= 0.6 is 0 Å². The number of carboxylic acid groups (broad SMARTS) is 2. The zero-order valence-electron chi connectivity index (χ0n) is 19.2. The van der Waals surface area contributed by atoms with Gasteiger partial charge in [-0.05, 0) is 24.6 Å². The van der Waals surface area contributed by atoms with Gasteiger partial charge in [-0.25, -0.2) is 9.59 Å². The number of hydrogen-bond donors (Lipinski definition) is 2. The minimum atomic E-state index is -1.28. The summed E-state index contributed by atoms with van der Waals surface area (Å²) in [4.78, 5) is 25.4. The van der Waals surface area contributed by atoms with Crippen molar-refractivity contribution in [3.63, 3.8) is 0 Å². The lowest BCUT2D eigenvalue weighted by Crippen LogP contribution is -2.10. The van der Waals surface area contributed by atoms with Crippen molar-refractivity contribution in [2.45, 2.75) is 20.0 Å². The number of rotatable bonds is 7. The molecule has 0 saturated heterocycles. The Hall–Kier alpha value is -4.58. The summed E-state index contributed by atoms with van der Waals surface area (Å²) in [6, 6.07) is 24.8. The van der Waals surface area contributed by atoms with Gasteiger partial charge in [0.25, 0.3) is 0 Å². The summed E-state index contributed by atoms with van der Waals surface area (Å²) in [5.74, 6) is -2.56. The number of aliphatic carboxylic acids is 2. The molecule has 0 aliphatic heterocycles. The molecule has 0 aliphatic rings. The summed E-state index contributed by atoms with van der Waals surface area (Å²) < 4.78 is 3.91. The van der Waals surface area contributed by atoms with Crippen LogP contribution in [0.15, 0.2) is 91.3 Å². The van der Waals surface area contributed by atoms with Crippen molar-refractivity contribution in [3.05, 3.63) is 108 Å². The summed E-state index contributed by atoms with van der Waals surface area (Å²) >= 11 is 0. The molecule has 0 aliphatic carbocycles. The molecule has 6 nitrogen and oxygen atoms in total. The third kappa shape index (κ3) is 3.89. The Morgan fingerprint density at radius 1 is 0.657 bits per heavy atom. The van der Waals surface area contributed by atoms with Crippen LogP contribution in [-0.4, -0.2) is 31.3 Å². The number of aromatic nitrogens is 2. The number of nitrogens with zero attached hydrogens (tertiary/aromatic N) is 2. The third-order valence-electron chi connectivity index (χ3n) is 6.33. The molecule has 2 N–H and O–H groups in total. The number of hydrogen-bond acceptors (Lipinski definition) is 2. The van der Waals surface area contributed by atoms with Crippen LogP contribution < -0.4 is 0 Å². The van der Waals surface area contributed by atoms with Gasteiger partial charge in [0.05, 0.1) is 11.1 Å². The Labute approximate surface area is 202 Å². The topological polar surface area (TPSA) is 84.5 Å². The maximum atomic E-state index is 12.7. The molecular formula is C29H24N2O4. The Kier molecular flexibility index (Phi) is 5.71. The minimum absolute atomic E-state index is 0.219. The SMILES string of the molecule is CCn1cc(/C(C(=O)O)=C(/C(=O)O)c2cn(Cc3ccccc3)c3ccccc23)c2ccccc21. The Bertz CT molecular complexity index is 1610. The fraction of sp³-hybridized carbons (Fsp3) is 0.103. The van der Waals surface area contributed by atoms with E-state index in [0.29, 0.717) is 35.0 Å². The summed E-state index contributed by atoms with van der Waals surface area (Å²) in [6.45, 7) is 3.13. The molecule has 0 atom stereocenters. The fourth-order valence-corrected chi connectivity index (χ4v) is 4.78. The van der Waals surface area contributed by atoms with Crippen molar-refractivity contribution in [3.8, 4) is 0 Å². The third-order valence-corrected chi connectivity index (χ3v) is 6.33. The van der Waals surface area contributed by atoms with Crippen molar-refractivity contribution in [2.24, 2.45) is 0 Å². The van der Waals surface area contributed by atoms with Gasteiger partial charge in [0.1, 0.15) is 0 Å². The molecule has 5 rings (SSSR count). The van der Waals surface area contributed by atoms with Gasteiger partial charge in [0.15, 0.2) is 0 Å². The summed E-state index contributed by atoms with van der Waals surface area (Å²) in [6.07, 6.45) is 3.49. The molecule has 0 amide bonds. The first-order chi connectivity index (χ1) is 17.0. The van der Waals surface area contributed by atoms with Crippen molar-refractivity contribution < 1.29 is 19.8 Å². The smallest absolute Gasteiger partial charge is 0.337 e. The highest BCUT2D eigenvalue weighted by molar-refractivity contribution is 6.39. The van der Waals surface area contributed by atoms with Gasteiger partial charge < -0.3 is 19.3 Å².